The number of halogens is 1. The van der Waals surface area contributed by atoms with Gasteiger partial charge in [0.1, 0.15) is 11.9 Å². The minimum absolute atomic E-state index is 0.0443. The maximum atomic E-state index is 14.3. The highest BCUT2D eigenvalue weighted by atomic mass is 19.1. The highest BCUT2D eigenvalue weighted by Gasteiger charge is 2.65. The van der Waals surface area contributed by atoms with Gasteiger partial charge in [0.2, 0.25) is 0 Å². The van der Waals surface area contributed by atoms with Crippen LogP contribution in [0.2, 0.25) is 0 Å². The number of ether oxygens (including phenoxy) is 2. The second kappa shape index (κ2) is 7.14. The van der Waals surface area contributed by atoms with E-state index in [1.54, 1.807) is 19.2 Å². The van der Waals surface area contributed by atoms with E-state index in [9.17, 15) is 9.65 Å². The number of hydrogen-bond acceptors (Lipinski definition) is 6. The highest BCUT2D eigenvalue weighted by molar-refractivity contribution is 6.41. The zero-order valence-corrected chi connectivity index (χ0v) is 18.4. The number of fused-ring (bicyclic) bond motifs is 4. The third kappa shape index (κ3) is 2.59. The van der Waals surface area contributed by atoms with Crippen molar-refractivity contribution in [2.75, 3.05) is 14.2 Å². The highest BCUT2D eigenvalue weighted by Crippen LogP contribution is 2.65. The van der Waals surface area contributed by atoms with Gasteiger partial charge in [0, 0.05) is 18.1 Å². The number of rotatable bonds is 3. The van der Waals surface area contributed by atoms with E-state index in [2.05, 4.69) is 12.1 Å². The predicted molar refractivity (Wildman–Crippen MR) is 120 cm³/mol. The second-order valence-corrected chi connectivity index (χ2v) is 8.80. The summed E-state index contributed by atoms with van der Waals surface area (Å²) in [6, 6.07) is 11.3. The van der Waals surface area contributed by atoms with Crippen molar-refractivity contribution in [3.63, 3.8) is 0 Å². The van der Waals surface area contributed by atoms with Crippen LogP contribution in [0.15, 0.2) is 40.3 Å². The molecule has 2 aromatic carbocycles. The monoisotopic (exact) mass is 432 g/mol. The molecule has 2 aromatic rings. The Labute approximate surface area is 186 Å². The zero-order chi connectivity index (χ0) is 22.7. The standard InChI is InChI=1S/C25H25FN4O2/c1-14-23(28)30-25(29-14)20-11-15(16-10-17(13-27)22(26)21(12-16)32-3)4-5-19(20)24(25)8-6-18(31-2)7-9-24/h4-5,10-12,18H,6-9H2,1-3H3,(H2,28,30). The Balaban J connectivity index is 1.65. The van der Waals surface area contributed by atoms with Crippen molar-refractivity contribution in [2.24, 2.45) is 15.7 Å². The molecule has 6 nitrogen and oxygen atoms in total. The molecule has 2 spiro atoms. The van der Waals surface area contributed by atoms with Crippen LogP contribution in [0.5, 0.6) is 5.75 Å². The number of nitriles is 1. The van der Waals surface area contributed by atoms with Crippen LogP contribution in [0.25, 0.3) is 11.1 Å². The average molecular weight is 432 g/mol. The van der Waals surface area contributed by atoms with Crippen LogP contribution in [0.4, 0.5) is 4.39 Å². The summed E-state index contributed by atoms with van der Waals surface area (Å²) in [7, 11) is 3.16. The average Bonchev–Trinajstić information content (AvgIpc) is 3.15. The Bertz CT molecular complexity index is 1200. The van der Waals surface area contributed by atoms with Crippen molar-refractivity contribution in [2.45, 2.75) is 49.8 Å². The molecule has 1 saturated carbocycles. The lowest BCUT2D eigenvalue weighted by molar-refractivity contribution is 0.0148. The quantitative estimate of drug-likeness (QED) is 0.787. The van der Waals surface area contributed by atoms with Crippen molar-refractivity contribution in [1.82, 2.24) is 0 Å². The van der Waals surface area contributed by atoms with Crippen LogP contribution in [-0.4, -0.2) is 31.9 Å². The maximum Gasteiger partial charge on any atom is 0.188 e. The molecule has 0 aromatic heterocycles. The Morgan fingerprint density at radius 2 is 1.84 bits per heavy atom. The summed E-state index contributed by atoms with van der Waals surface area (Å²) >= 11 is 0. The normalized spacial score (nSPS) is 28.0. The lowest BCUT2D eigenvalue weighted by atomic mass is 9.50. The topological polar surface area (TPSA) is 93.0 Å². The molecule has 1 heterocycles. The van der Waals surface area contributed by atoms with Gasteiger partial charge in [-0.25, -0.2) is 9.38 Å². The van der Waals surface area contributed by atoms with E-state index in [4.69, 9.17) is 25.2 Å². The first-order valence-electron chi connectivity index (χ1n) is 10.8. The molecule has 2 N–H and O–H groups in total. The molecule has 7 heteroatoms. The van der Waals surface area contributed by atoms with Gasteiger partial charge < -0.3 is 15.2 Å². The lowest BCUT2D eigenvalue weighted by Gasteiger charge is -2.57. The van der Waals surface area contributed by atoms with Gasteiger partial charge in [-0.2, -0.15) is 5.26 Å². The summed E-state index contributed by atoms with van der Waals surface area (Å²) in [6.45, 7) is 1.90. The van der Waals surface area contributed by atoms with E-state index < -0.39 is 11.5 Å². The smallest absolute Gasteiger partial charge is 0.188 e. The largest absolute Gasteiger partial charge is 0.494 e. The van der Waals surface area contributed by atoms with Gasteiger partial charge in [-0.1, -0.05) is 12.1 Å². The molecule has 0 radical (unpaired) electrons. The molecule has 1 unspecified atom stereocenters. The van der Waals surface area contributed by atoms with E-state index in [1.807, 2.05) is 19.1 Å². The summed E-state index contributed by atoms with van der Waals surface area (Å²) in [5.74, 6) is -0.131. The summed E-state index contributed by atoms with van der Waals surface area (Å²) in [5, 5.41) is 9.35. The molecule has 32 heavy (non-hydrogen) atoms. The van der Waals surface area contributed by atoms with Gasteiger partial charge in [-0.15, -0.1) is 0 Å². The number of nitrogens with two attached hydrogens (primary N) is 1. The van der Waals surface area contributed by atoms with Crippen LogP contribution in [0.1, 0.15) is 49.3 Å². The molecule has 0 amide bonds. The van der Waals surface area contributed by atoms with Crippen LogP contribution < -0.4 is 10.5 Å². The van der Waals surface area contributed by atoms with Gasteiger partial charge in [0.05, 0.1) is 24.5 Å². The molecular weight excluding hydrogens is 407 g/mol. The van der Waals surface area contributed by atoms with Crippen molar-refractivity contribution in [1.29, 1.82) is 5.26 Å². The predicted octanol–water partition coefficient (Wildman–Crippen LogP) is 4.20. The van der Waals surface area contributed by atoms with Crippen LogP contribution in [0, 0.1) is 17.1 Å². The van der Waals surface area contributed by atoms with E-state index >= 15 is 0 Å². The van der Waals surface area contributed by atoms with E-state index in [1.165, 1.54) is 12.7 Å². The minimum atomic E-state index is -0.729. The fraction of sp³-hybridized carbons (Fsp3) is 0.400. The van der Waals surface area contributed by atoms with Crippen molar-refractivity contribution in [3.8, 4) is 22.9 Å². The number of methoxy groups -OCH3 is 2. The van der Waals surface area contributed by atoms with Gasteiger partial charge in [0.25, 0.3) is 0 Å². The summed E-state index contributed by atoms with van der Waals surface area (Å²) < 4.78 is 25.1. The van der Waals surface area contributed by atoms with Crippen molar-refractivity contribution < 1.29 is 13.9 Å². The molecule has 1 fully saturated rings. The first kappa shape index (κ1) is 20.7. The summed E-state index contributed by atoms with van der Waals surface area (Å²) in [5.41, 5.74) is 9.80. The van der Waals surface area contributed by atoms with Crippen molar-refractivity contribution >= 4 is 11.5 Å². The van der Waals surface area contributed by atoms with E-state index in [0.717, 1.165) is 42.5 Å². The first-order valence-corrected chi connectivity index (χ1v) is 10.8. The van der Waals surface area contributed by atoms with Crippen LogP contribution in [0.3, 0.4) is 0 Å². The third-order valence-corrected chi connectivity index (χ3v) is 7.39. The van der Waals surface area contributed by atoms with Gasteiger partial charge in [-0.3, -0.25) is 4.99 Å². The third-order valence-electron chi connectivity index (χ3n) is 7.39. The van der Waals surface area contributed by atoms with E-state index in [0.29, 0.717) is 11.4 Å². The molecule has 1 aliphatic heterocycles. The zero-order valence-electron chi connectivity index (χ0n) is 18.4. The molecular formula is C25H25FN4O2. The number of aliphatic imine (C=N–C) groups is 2. The molecule has 5 rings (SSSR count). The fourth-order valence-electron chi connectivity index (χ4n) is 5.66. The van der Waals surface area contributed by atoms with Crippen LogP contribution in [-0.2, 0) is 15.8 Å². The van der Waals surface area contributed by atoms with Crippen LogP contribution >= 0.6 is 0 Å². The second-order valence-electron chi connectivity index (χ2n) is 8.80. The maximum absolute atomic E-state index is 14.3. The summed E-state index contributed by atoms with van der Waals surface area (Å²) in [6.07, 6.45) is 4.00. The molecule has 2 aliphatic carbocycles. The van der Waals surface area contributed by atoms with Gasteiger partial charge in [0.15, 0.2) is 17.2 Å². The first-order chi connectivity index (χ1) is 15.4. The number of hydrogen-bond donors (Lipinski definition) is 1. The SMILES string of the molecule is COc1cc(-c2ccc3c(c2)C2(N=C(C)C(N)=N2)C32CCC(OC)CC2)cc(C#N)c1F. The Hall–Kier alpha value is -3.24. The Morgan fingerprint density at radius 3 is 2.44 bits per heavy atom. The molecule has 3 aliphatic rings. The Kier molecular flexibility index (Phi) is 4.61. The van der Waals surface area contributed by atoms with Gasteiger partial charge >= 0.3 is 0 Å². The van der Waals surface area contributed by atoms with Crippen molar-refractivity contribution in [3.05, 3.63) is 52.8 Å². The number of benzene rings is 2. The minimum Gasteiger partial charge on any atom is -0.494 e. The lowest BCUT2D eigenvalue weighted by Crippen LogP contribution is -2.58. The fourth-order valence-corrected chi connectivity index (χ4v) is 5.66. The molecule has 0 bridgehead atoms. The number of amidine groups is 1. The van der Waals surface area contributed by atoms with E-state index in [-0.39, 0.29) is 22.8 Å². The Morgan fingerprint density at radius 1 is 1.09 bits per heavy atom. The molecule has 0 saturated heterocycles. The molecule has 164 valence electrons. The summed E-state index contributed by atoms with van der Waals surface area (Å²) in [4.78, 5) is 9.91. The number of nitrogens with zero attached hydrogens (tertiary/aromatic N) is 3. The molecule has 1 atom stereocenters. The van der Waals surface area contributed by atoms with Gasteiger partial charge in [-0.05, 0) is 67.5 Å².